The smallest absolute Gasteiger partial charge is 0.382 e. The van der Waals surface area contributed by atoms with Gasteiger partial charge in [-0.05, 0) is 51.2 Å². The van der Waals surface area contributed by atoms with Crippen LogP contribution in [-0.4, -0.2) is 59.0 Å². The molecule has 1 aliphatic heterocycles. The standard InChI is InChI=1S/C23H27F3N6/c1-15(23(24,25)26)22-18-4-3-5-20(29-16-8-12-32(2)13-9-16)19(18)14-21(30-22)27-10-6-17-7-11-28-31-17/h3-5,7,11,14,16,29H,1,6,8-10,12-13H2,2H3,(H,27,30)(H,28,31). The maximum Gasteiger partial charge on any atom is 0.417 e. The minimum atomic E-state index is -4.56. The summed E-state index contributed by atoms with van der Waals surface area (Å²) in [6.07, 6.45) is -0.294. The fourth-order valence-corrected chi connectivity index (χ4v) is 3.98. The lowest BCUT2D eigenvalue weighted by molar-refractivity contribution is -0.0688. The van der Waals surface area contributed by atoms with Crippen LogP contribution < -0.4 is 10.6 Å². The largest absolute Gasteiger partial charge is 0.417 e. The number of benzene rings is 1. The molecule has 170 valence electrons. The van der Waals surface area contributed by atoms with Gasteiger partial charge in [-0.25, -0.2) is 4.98 Å². The fraction of sp³-hybridized carbons (Fsp3) is 0.391. The van der Waals surface area contributed by atoms with Gasteiger partial charge < -0.3 is 15.5 Å². The molecule has 0 radical (unpaired) electrons. The van der Waals surface area contributed by atoms with Gasteiger partial charge in [0.25, 0.3) is 0 Å². The number of nitrogens with zero attached hydrogens (tertiary/aromatic N) is 3. The Bertz CT molecular complexity index is 1070. The van der Waals surface area contributed by atoms with Crippen LogP contribution in [0.5, 0.6) is 0 Å². The number of likely N-dealkylation sites (tertiary alicyclic amines) is 1. The van der Waals surface area contributed by atoms with Crippen LogP contribution >= 0.6 is 0 Å². The summed E-state index contributed by atoms with van der Waals surface area (Å²) in [4.78, 5) is 6.57. The van der Waals surface area contributed by atoms with Gasteiger partial charge in [-0.15, -0.1) is 0 Å². The van der Waals surface area contributed by atoms with E-state index in [9.17, 15) is 13.2 Å². The Morgan fingerprint density at radius 3 is 2.69 bits per heavy atom. The number of rotatable bonds is 7. The maximum absolute atomic E-state index is 13.6. The van der Waals surface area contributed by atoms with Crippen LogP contribution in [0.3, 0.4) is 0 Å². The van der Waals surface area contributed by atoms with Crippen molar-refractivity contribution in [3.05, 3.63) is 54.5 Å². The molecule has 0 saturated carbocycles. The number of aromatic nitrogens is 3. The lowest BCUT2D eigenvalue weighted by Gasteiger charge is -2.30. The van der Waals surface area contributed by atoms with Gasteiger partial charge in [0.15, 0.2) is 0 Å². The first-order chi connectivity index (χ1) is 15.3. The normalized spacial score (nSPS) is 15.8. The summed E-state index contributed by atoms with van der Waals surface area (Å²) in [5.41, 5.74) is 0.650. The van der Waals surface area contributed by atoms with Gasteiger partial charge in [-0.2, -0.15) is 18.3 Å². The van der Waals surface area contributed by atoms with Gasteiger partial charge in [0.2, 0.25) is 0 Å². The van der Waals surface area contributed by atoms with Crippen molar-refractivity contribution in [1.82, 2.24) is 20.1 Å². The van der Waals surface area contributed by atoms with Crippen LogP contribution in [0.4, 0.5) is 24.7 Å². The highest BCUT2D eigenvalue weighted by molar-refractivity contribution is 6.01. The van der Waals surface area contributed by atoms with Crippen LogP contribution in [0, 0.1) is 0 Å². The van der Waals surface area contributed by atoms with Crippen LogP contribution in [0.25, 0.3) is 16.3 Å². The van der Waals surface area contributed by atoms with E-state index in [-0.39, 0.29) is 11.7 Å². The second-order valence-corrected chi connectivity index (χ2v) is 8.21. The Hall–Kier alpha value is -3.07. The average Bonchev–Trinajstić information content (AvgIpc) is 3.27. The summed E-state index contributed by atoms with van der Waals surface area (Å²) < 4.78 is 40.7. The van der Waals surface area contributed by atoms with E-state index in [2.05, 4.69) is 44.3 Å². The van der Waals surface area contributed by atoms with Crippen molar-refractivity contribution in [2.24, 2.45) is 0 Å². The topological polar surface area (TPSA) is 68.9 Å². The van der Waals surface area contributed by atoms with Crippen LogP contribution in [0.1, 0.15) is 24.2 Å². The van der Waals surface area contributed by atoms with E-state index in [1.807, 2.05) is 18.2 Å². The molecular weight excluding hydrogens is 417 g/mol. The lowest BCUT2D eigenvalue weighted by Crippen LogP contribution is -2.36. The third-order valence-corrected chi connectivity index (χ3v) is 5.84. The van der Waals surface area contributed by atoms with Crippen molar-refractivity contribution < 1.29 is 13.2 Å². The number of anilines is 2. The molecular formula is C23H27F3N6. The Kier molecular flexibility index (Phi) is 6.36. The van der Waals surface area contributed by atoms with Gasteiger partial charge in [0, 0.05) is 47.4 Å². The monoisotopic (exact) mass is 444 g/mol. The molecule has 0 unspecified atom stereocenters. The molecule has 1 fully saturated rings. The van der Waals surface area contributed by atoms with Crippen molar-refractivity contribution in [3.63, 3.8) is 0 Å². The molecule has 1 aromatic carbocycles. The zero-order valence-corrected chi connectivity index (χ0v) is 18.0. The molecule has 1 saturated heterocycles. The molecule has 0 atom stereocenters. The average molecular weight is 445 g/mol. The quantitative estimate of drug-likeness (QED) is 0.493. The number of H-pyrrole nitrogens is 1. The SMILES string of the molecule is C=C(c1nc(NCCc2ccn[nH]2)cc2c(NC3CCN(C)CC3)cccc12)C(F)(F)F. The number of pyridine rings is 1. The van der Waals surface area contributed by atoms with Crippen LogP contribution in [-0.2, 0) is 6.42 Å². The number of halogens is 3. The van der Waals surface area contributed by atoms with Gasteiger partial charge in [0.05, 0.1) is 11.3 Å². The predicted octanol–water partition coefficient (Wildman–Crippen LogP) is 4.69. The molecule has 0 spiro atoms. The molecule has 6 nitrogen and oxygen atoms in total. The highest BCUT2D eigenvalue weighted by Crippen LogP contribution is 2.38. The first kappa shape index (κ1) is 22.1. The number of hydrogen-bond donors (Lipinski definition) is 3. The number of hydrogen-bond acceptors (Lipinski definition) is 5. The van der Waals surface area contributed by atoms with Gasteiger partial charge >= 0.3 is 6.18 Å². The molecule has 0 aliphatic carbocycles. The van der Waals surface area contributed by atoms with Crippen LogP contribution in [0.15, 0.2) is 43.1 Å². The molecule has 2 aromatic heterocycles. The Morgan fingerprint density at radius 1 is 1.22 bits per heavy atom. The number of piperidine rings is 1. The summed E-state index contributed by atoms with van der Waals surface area (Å²) in [6, 6.07) is 9.29. The summed E-state index contributed by atoms with van der Waals surface area (Å²) in [7, 11) is 2.09. The molecule has 3 heterocycles. The second kappa shape index (κ2) is 9.20. The minimum Gasteiger partial charge on any atom is -0.382 e. The van der Waals surface area contributed by atoms with Crippen molar-refractivity contribution in [2.45, 2.75) is 31.5 Å². The molecule has 32 heavy (non-hydrogen) atoms. The van der Waals surface area contributed by atoms with E-state index in [1.165, 1.54) is 0 Å². The van der Waals surface area contributed by atoms with E-state index in [4.69, 9.17) is 0 Å². The summed E-state index contributed by atoms with van der Waals surface area (Å²) >= 11 is 0. The van der Waals surface area contributed by atoms with Crippen molar-refractivity contribution >= 4 is 27.9 Å². The van der Waals surface area contributed by atoms with E-state index in [0.29, 0.717) is 29.6 Å². The molecule has 3 aromatic rings. The van der Waals surface area contributed by atoms with Gasteiger partial charge in [0.1, 0.15) is 5.82 Å². The Morgan fingerprint density at radius 2 is 2.00 bits per heavy atom. The third kappa shape index (κ3) is 5.04. The van der Waals surface area contributed by atoms with Gasteiger partial charge in [-0.1, -0.05) is 18.7 Å². The van der Waals surface area contributed by atoms with Crippen LogP contribution in [0.2, 0.25) is 0 Å². The van der Waals surface area contributed by atoms with Crippen molar-refractivity contribution in [2.75, 3.05) is 37.3 Å². The minimum absolute atomic E-state index is 0.147. The first-order valence-corrected chi connectivity index (χ1v) is 10.7. The maximum atomic E-state index is 13.6. The molecule has 1 aliphatic rings. The summed E-state index contributed by atoms with van der Waals surface area (Å²) in [6.45, 7) is 5.78. The number of fused-ring (bicyclic) bond motifs is 1. The van der Waals surface area contributed by atoms with E-state index >= 15 is 0 Å². The van der Waals surface area contributed by atoms with Crippen molar-refractivity contribution in [1.29, 1.82) is 0 Å². The summed E-state index contributed by atoms with van der Waals surface area (Å²) in [5.74, 6) is 0.384. The number of aromatic amines is 1. The second-order valence-electron chi connectivity index (χ2n) is 8.21. The van der Waals surface area contributed by atoms with Crippen molar-refractivity contribution in [3.8, 4) is 0 Å². The molecule has 0 bridgehead atoms. The van der Waals surface area contributed by atoms with E-state index in [0.717, 1.165) is 37.3 Å². The van der Waals surface area contributed by atoms with E-state index in [1.54, 1.807) is 18.3 Å². The Balaban J connectivity index is 1.67. The first-order valence-electron chi connectivity index (χ1n) is 10.7. The van der Waals surface area contributed by atoms with E-state index < -0.39 is 11.7 Å². The number of nitrogens with one attached hydrogen (secondary N) is 3. The highest BCUT2D eigenvalue weighted by atomic mass is 19.4. The van der Waals surface area contributed by atoms with Gasteiger partial charge in [-0.3, -0.25) is 5.10 Å². The molecule has 4 rings (SSSR count). The number of alkyl halides is 3. The third-order valence-electron chi connectivity index (χ3n) is 5.84. The Labute approximate surface area is 184 Å². The molecule has 9 heteroatoms. The number of allylic oxidation sites excluding steroid dienone is 1. The highest BCUT2D eigenvalue weighted by Gasteiger charge is 2.35. The predicted molar refractivity (Wildman–Crippen MR) is 122 cm³/mol. The zero-order chi connectivity index (χ0) is 22.7. The molecule has 3 N–H and O–H groups in total. The summed E-state index contributed by atoms with van der Waals surface area (Å²) in [5, 5.41) is 14.6. The lowest BCUT2D eigenvalue weighted by atomic mass is 10.0. The fourth-order valence-electron chi connectivity index (χ4n) is 3.98. The zero-order valence-electron chi connectivity index (χ0n) is 18.0. The molecule has 0 amide bonds.